The molecule has 1 saturated heterocycles. The normalized spacial score (nSPS) is 21.4. The van der Waals surface area contributed by atoms with Crippen LogP contribution in [0.1, 0.15) is 6.42 Å². The van der Waals surface area contributed by atoms with Crippen LogP contribution < -0.4 is 0 Å². The predicted molar refractivity (Wildman–Crippen MR) is 66.2 cm³/mol. The molecule has 1 aromatic rings. The summed E-state index contributed by atoms with van der Waals surface area (Å²) in [6.45, 7) is 0.565. The smallest absolute Gasteiger partial charge is 0.305 e. The number of aromatic nitrogens is 1. The molecule has 1 unspecified atom stereocenters. The summed E-state index contributed by atoms with van der Waals surface area (Å²) in [5.41, 5.74) is 0. The Balaban J connectivity index is 2.28. The van der Waals surface area contributed by atoms with Crippen LogP contribution in [-0.2, 0) is 26.6 Å². The van der Waals surface area contributed by atoms with Crippen LogP contribution in [0.15, 0.2) is 23.4 Å². The molecule has 106 valence electrons. The number of aliphatic carboxylic acids is 1. The Bertz CT molecular complexity index is 565. The first-order chi connectivity index (χ1) is 8.91. The Labute approximate surface area is 111 Å². The van der Waals surface area contributed by atoms with Crippen LogP contribution in [0.5, 0.6) is 0 Å². The molecule has 1 aliphatic rings. The molecular formula is C11H16N2O5S. The van der Waals surface area contributed by atoms with E-state index in [4.69, 9.17) is 9.84 Å². The Kier molecular flexibility index (Phi) is 3.93. The van der Waals surface area contributed by atoms with E-state index in [9.17, 15) is 13.2 Å². The maximum atomic E-state index is 12.5. The van der Waals surface area contributed by atoms with Crippen molar-refractivity contribution in [2.24, 2.45) is 7.05 Å². The number of carbonyl (C=O) groups is 1. The zero-order valence-corrected chi connectivity index (χ0v) is 11.3. The Morgan fingerprint density at radius 3 is 2.89 bits per heavy atom. The molecule has 8 heteroatoms. The standard InChI is InChI=1S/C11H16N2O5S/c1-12-3-2-10(7-12)19(16,17)13-4-5-18-8-9(13)6-11(14)15/h2-3,7,9H,4-6,8H2,1H3,(H,14,15). The fourth-order valence-corrected chi connectivity index (χ4v) is 3.73. The number of sulfonamides is 1. The van der Waals surface area contributed by atoms with E-state index in [1.54, 1.807) is 17.8 Å². The third-order valence-corrected chi connectivity index (χ3v) is 4.93. The molecule has 0 aromatic carbocycles. The molecule has 1 N–H and O–H groups in total. The lowest BCUT2D eigenvalue weighted by Gasteiger charge is -2.33. The number of hydrogen-bond donors (Lipinski definition) is 1. The molecule has 0 radical (unpaired) electrons. The molecule has 0 amide bonds. The number of morpholine rings is 1. The fourth-order valence-electron chi connectivity index (χ4n) is 2.08. The molecule has 1 aliphatic heterocycles. The van der Waals surface area contributed by atoms with Crippen LogP contribution in [0.3, 0.4) is 0 Å². The molecule has 1 aromatic heterocycles. The largest absolute Gasteiger partial charge is 0.481 e. The summed E-state index contributed by atoms with van der Waals surface area (Å²) in [4.78, 5) is 11.0. The zero-order chi connectivity index (χ0) is 14.0. The van der Waals surface area contributed by atoms with Crippen LogP contribution in [0.4, 0.5) is 0 Å². The van der Waals surface area contributed by atoms with E-state index in [-0.39, 0.29) is 31.1 Å². The summed E-state index contributed by atoms with van der Waals surface area (Å²) in [5, 5.41) is 8.84. The van der Waals surface area contributed by atoms with Gasteiger partial charge < -0.3 is 14.4 Å². The van der Waals surface area contributed by atoms with Crippen molar-refractivity contribution in [1.82, 2.24) is 8.87 Å². The lowest BCUT2D eigenvalue weighted by atomic mass is 10.2. The van der Waals surface area contributed by atoms with Crippen LogP contribution in [-0.4, -0.2) is 54.2 Å². The van der Waals surface area contributed by atoms with Crippen molar-refractivity contribution < 1.29 is 23.1 Å². The highest BCUT2D eigenvalue weighted by Crippen LogP contribution is 2.22. The highest BCUT2D eigenvalue weighted by atomic mass is 32.2. The maximum absolute atomic E-state index is 12.5. The monoisotopic (exact) mass is 288 g/mol. The average Bonchev–Trinajstić information content (AvgIpc) is 2.76. The van der Waals surface area contributed by atoms with Crippen LogP contribution in [0.2, 0.25) is 0 Å². The van der Waals surface area contributed by atoms with Gasteiger partial charge in [0.2, 0.25) is 10.0 Å². The van der Waals surface area contributed by atoms with Crippen molar-refractivity contribution >= 4 is 16.0 Å². The van der Waals surface area contributed by atoms with E-state index in [0.717, 1.165) is 0 Å². The Morgan fingerprint density at radius 1 is 1.58 bits per heavy atom. The van der Waals surface area contributed by atoms with Gasteiger partial charge in [-0.2, -0.15) is 4.31 Å². The SMILES string of the molecule is Cn1ccc(S(=O)(=O)N2CCOCC2CC(=O)O)c1. The van der Waals surface area contributed by atoms with E-state index < -0.39 is 22.0 Å². The maximum Gasteiger partial charge on any atom is 0.305 e. The number of hydrogen-bond acceptors (Lipinski definition) is 4. The minimum atomic E-state index is -3.67. The highest BCUT2D eigenvalue weighted by molar-refractivity contribution is 7.89. The topological polar surface area (TPSA) is 88.8 Å². The molecule has 7 nitrogen and oxygen atoms in total. The molecular weight excluding hydrogens is 272 g/mol. The van der Waals surface area contributed by atoms with Gasteiger partial charge in [-0.3, -0.25) is 4.79 Å². The van der Waals surface area contributed by atoms with Crippen molar-refractivity contribution in [3.05, 3.63) is 18.5 Å². The number of ether oxygens (including phenoxy) is 1. The third-order valence-electron chi connectivity index (χ3n) is 3.00. The number of rotatable bonds is 4. The van der Waals surface area contributed by atoms with Gasteiger partial charge >= 0.3 is 5.97 Å². The van der Waals surface area contributed by atoms with Gasteiger partial charge in [-0.1, -0.05) is 0 Å². The number of carboxylic acid groups (broad SMARTS) is 1. The second kappa shape index (κ2) is 5.32. The van der Waals surface area contributed by atoms with Crippen molar-refractivity contribution in [3.8, 4) is 0 Å². The molecule has 1 fully saturated rings. The van der Waals surface area contributed by atoms with Gasteiger partial charge in [0.1, 0.15) is 0 Å². The molecule has 2 rings (SSSR count). The van der Waals surface area contributed by atoms with Crippen molar-refractivity contribution in [1.29, 1.82) is 0 Å². The average molecular weight is 288 g/mol. The summed E-state index contributed by atoms with van der Waals surface area (Å²) in [7, 11) is -1.94. The van der Waals surface area contributed by atoms with E-state index in [0.29, 0.717) is 0 Å². The summed E-state index contributed by atoms with van der Waals surface area (Å²) in [5.74, 6) is -1.04. The fraction of sp³-hybridized carbons (Fsp3) is 0.545. The first kappa shape index (κ1) is 14.0. The highest BCUT2D eigenvalue weighted by Gasteiger charge is 2.35. The minimum Gasteiger partial charge on any atom is -0.481 e. The zero-order valence-electron chi connectivity index (χ0n) is 10.5. The second-order valence-corrected chi connectivity index (χ2v) is 6.35. The number of nitrogens with zero attached hydrogens (tertiary/aromatic N) is 2. The van der Waals surface area contributed by atoms with Gasteiger partial charge in [-0.05, 0) is 6.07 Å². The first-order valence-electron chi connectivity index (χ1n) is 5.84. The lowest BCUT2D eigenvalue weighted by molar-refractivity contribution is -0.139. The van der Waals surface area contributed by atoms with Crippen LogP contribution in [0, 0.1) is 0 Å². The summed E-state index contributed by atoms with van der Waals surface area (Å²) >= 11 is 0. The molecule has 0 bridgehead atoms. The molecule has 19 heavy (non-hydrogen) atoms. The van der Waals surface area contributed by atoms with Gasteiger partial charge in [-0.25, -0.2) is 8.42 Å². The third kappa shape index (κ3) is 2.96. The molecule has 0 spiro atoms. The second-order valence-electron chi connectivity index (χ2n) is 4.46. The minimum absolute atomic E-state index is 0.109. The van der Waals surface area contributed by atoms with E-state index in [2.05, 4.69) is 0 Å². The Hall–Kier alpha value is -1.38. The summed E-state index contributed by atoms with van der Waals surface area (Å²) < 4.78 is 32.9. The van der Waals surface area contributed by atoms with Crippen molar-refractivity contribution in [3.63, 3.8) is 0 Å². The van der Waals surface area contributed by atoms with E-state index in [1.807, 2.05) is 0 Å². The summed E-state index contributed by atoms with van der Waals surface area (Å²) in [6.07, 6.45) is 2.88. The van der Waals surface area contributed by atoms with Crippen LogP contribution in [0.25, 0.3) is 0 Å². The van der Waals surface area contributed by atoms with Crippen molar-refractivity contribution in [2.45, 2.75) is 17.4 Å². The summed E-state index contributed by atoms with van der Waals surface area (Å²) in [6, 6.07) is 0.847. The number of carboxylic acids is 1. The van der Waals surface area contributed by atoms with Gasteiger partial charge in [0.15, 0.2) is 0 Å². The molecule has 2 heterocycles. The lowest BCUT2D eigenvalue weighted by Crippen LogP contribution is -2.49. The predicted octanol–water partition coefficient (Wildman–Crippen LogP) is -0.111. The van der Waals surface area contributed by atoms with Crippen LogP contribution >= 0.6 is 0 Å². The molecule has 0 aliphatic carbocycles. The van der Waals surface area contributed by atoms with Gasteiger partial charge in [0.05, 0.1) is 30.6 Å². The quantitative estimate of drug-likeness (QED) is 0.835. The molecule has 1 atom stereocenters. The Morgan fingerprint density at radius 2 is 2.32 bits per heavy atom. The first-order valence-corrected chi connectivity index (χ1v) is 7.28. The van der Waals surface area contributed by atoms with E-state index in [1.165, 1.54) is 16.6 Å². The number of aryl methyl sites for hydroxylation is 1. The van der Waals surface area contributed by atoms with Crippen molar-refractivity contribution in [2.75, 3.05) is 19.8 Å². The van der Waals surface area contributed by atoms with Gasteiger partial charge in [0.25, 0.3) is 0 Å². The molecule has 0 saturated carbocycles. The van der Waals surface area contributed by atoms with Gasteiger partial charge in [0, 0.05) is 26.0 Å². The van der Waals surface area contributed by atoms with Gasteiger partial charge in [-0.15, -0.1) is 0 Å². The van der Waals surface area contributed by atoms with E-state index >= 15 is 0 Å².